The highest BCUT2D eigenvalue weighted by Gasteiger charge is 2.51. The topological polar surface area (TPSA) is 117 Å². The number of nitrogens with one attached hydrogen (secondary N) is 3. The first-order chi connectivity index (χ1) is 25.3. The zero-order valence-corrected chi connectivity index (χ0v) is 30.4. The fourth-order valence-electron chi connectivity index (χ4n) is 8.71. The van der Waals surface area contributed by atoms with Gasteiger partial charge in [-0.05, 0) is 68.0 Å². The molecule has 3 saturated heterocycles. The summed E-state index contributed by atoms with van der Waals surface area (Å²) in [4.78, 5) is 47.3. The summed E-state index contributed by atoms with van der Waals surface area (Å²) in [7, 11) is 0. The van der Waals surface area contributed by atoms with Crippen molar-refractivity contribution in [2.45, 2.75) is 77.2 Å². The minimum Gasteiger partial charge on any atom is -0.369 e. The molecule has 3 fully saturated rings. The lowest BCUT2D eigenvalue weighted by Crippen LogP contribution is -2.55. The van der Waals surface area contributed by atoms with Gasteiger partial charge in [0.1, 0.15) is 11.5 Å². The van der Waals surface area contributed by atoms with E-state index in [4.69, 9.17) is 0 Å². The molecule has 0 saturated carbocycles. The van der Waals surface area contributed by atoms with E-state index in [9.17, 15) is 23.2 Å². The molecule has 3 aliphatic heterocycles. The fourth-order valence-corrected chi connectivity index (χ4v) is 8.71. The summed E-state index contributed by atoms with van der Waals surface area (Å²) in [6.45, 7) is 9.73. The molecule has 2 atom stereocenters. The maximum atomic E-state index is 15.3. The van der Waals surface area contributed by atoms with Crippen LogP contribution in [0.1, 0.15) is 79.6 Å². The van der Waals surface area contributed by atoms with E-state index < -0.39 is 17.3 Å². The van der Waals surface area contributed by atoms with Gasteiger partial charge < -0.3 is 14.8 Å². The highest BCUT2D eigenvalue weighted by molar-refractivity contribution is 6.01. The lowest BCUT2D eigenvalue weighted by molar-refractivity contribution is -0.134. The van der Waals surface area contributed by atoms with Crippen molar-refractivity contribution in [3.63, 3.8) is 0 Å². The third-order valence-corrected chi connectivity index (χ3v) is 12.2. The molecule has 0 bridgehead atoms. The summed E-state index contributed by atoms with van der Waals surface area (Å²) in [5.74, 6) is -3.92. The van der Waals surface area contributed by atoms with Crippen LogP contribution in [-0.2, 0) is 22.4 Å². The Hall–Kier alpha value is -4.65. The number of imide groups is 1. The van der Waals surface area contributed by atoms with Crippen molar-refractivity contribution in [3.8, 4) is 11.4 Å². The van der Waals surface area contributed by atoms with Gasteiger partial charge in [-0.15, -0.1) is 0 Å². The van der Waals surface area contributed by atoms with Gasteiger partial charge in [0.15, 0.2) is 0 Å². The predicted molar refractivity (Wildman–Crippen MR) is 195 cm³/mol. The number of amides is 3. The number of alkyl halides is 2. The number of aromatic nitrogens is 3. The predicted octanol–water partition coefficient (Wildman–Crippen LogP) is 6.04. The van der Waals surface area contributed by atoms with Gasteiger partial charge in [0.05, 0.1) is 17.3 Å². The number of aromatic amines is 2. The highest BCUT2D eigenvalue weighted by atomic mass is 19.3. The van der Waals surface area contributed by atoms with E-state index in [0.717, 1.165) is 55.6 Å². The number of rotatable bonds is 6. The van der Waals surface area contributed by atoms with Gasteiger partial charge >= 0.3 is 0 Å². The average Bonchev–Trinajstić information content (AvgIpc) is 3.71. The number of piperazine rings is 1. The second kappa shape index (κ2) is 13.3. The van der Waals surface area contributed by atoms with Crippen LogP contribution < -0.4 is 10.2 Å². The van der Waals surface area contributed by atoms with Crippen molar-refractivity contribution in [1.82, 2.24) is 30.3 Å². The van der Waals surface area contributed by atoms with Crippen LogP contribution in [0.5, 0.6) is 0 Å². The molecule has 53 heavy (non-hydrogen) atoms. The lowest BCUT2D eigenvalue weighted by Gasteiger charge is -2.43. The van der Waals surface area contributed by atoms with Crippen LogP contribution in [0.2, 0.25) is 0 Å². The summed E-state index contributed by atoms with van der Waals surface area (Å²) in [5.41, 5.74) is 3.77. The van der Waals surface area contributed by atoms with Crippen LogP contribution in [0.15, 0.2) is 42.5 Å². The third-order valence-electron chi connectivity index (χ3n) is 12.2. The summed E-state index contributed by atoms with van der Waals surface area (Å²) in [5, 5.41) is 10.6. The van der Waals surface area contributed by atoms with Crippen molar-refractivity contribution in [1.29, 1.82) is 0 Å². The number of hydrogen-bond acceptors (Lipinski definition) is 6. The number of carbonyl (C=O) groups is 3. The number of benzene rings is 2. The first-order valence-electron chi connectivity index (χ1n) is 18.7. The number of H-pyrrole nitrogens is 2. The Morgan fingerprint density at radius 2 is 1.77 bits per heavy atom. The highest BCUT2D eigenvalue weighted by Crippen LogP contribution is 2.47. The summed E-state index contributed by atoms with van der Waals surface area (Å²) in [6.07, 6.45) is 2.36. The van der Waals surface area contributed by atoms with Crippen LogP contribution in [0.4, 0.5) is 18.9 Å². The second-order valence-corrected chi connectivity index (χ2v) is 16.2. The van der Waals surface area contributed by atoms with Crippen LogP contribution in [0.25, 0.3) is 22.3 Å². The zero-order valence-electron chi connectivity index (χ0n) is 30.4. The molecule has 4 aliphatic rings. The molecule has 0 radical (unpaired) electrons. The molecular formula is C40H46F3N7O3. The Morgan fingerprint density at radius 1 is 0.981 bits per heavy atom. The second-order valence-electron chi connectivity index (χ2n) is 16.2. The van der Waals surface area contributed by atoms with Crippen molar-refractivity contribution in [2.75, 3.05) is 44.2 Å². The summed E-state index contributed by atoms with van der Waals surface area (Å²) < 4.78 is 45.2. The molecule has 1 unspecified atom stereocenters. The lowest BCUT2D eigenvalue weighted by atomic mass is 9.73. The van der Waals surface area contributed by atoms with Crippen molar-refractivity contribution in [3.05, 3.63) is 70.7 Å². The molecule has 2 aromatic carbocycles. The Balaban J connectivity index is 0.855. The van der Waals surface area contributed by atoms with E-state index in [-0.39, 0.29) is 48.8 Å². The number of fused-ring (bicyclic) bond motifs is 2. The molecule has 280 valence electrons. The number of anilines is 1. The molecule has 3 N–H and O–H groups in total. The Labute approximate surface area is 306 Å². The molecule has 4 aromatic rings. The van der Waals surface area contributed by atoms with E-state index in [2.05, 4.69) is 37.2 Å². The van der Waals surface area contributed by atoms with E-state index in [0.29, 0.717) is 59.2 Å². The van der Waals surface area contributed by atoms with E-state index >= 15 is 4.39 Å². The third kappa shape index (κ3) is 6.61. The average molecular weight is 730 g/mol. The molecule has 10 nitrogen and oxygen atoms in total. The minimum absolute atomic E-state index is 0.0347. The molecule has 3 amide bonds. The maximum absolute atomic E-state index is 15.3. The SMILES string of the molecule is C[C@@H]1CN(C(=O)c2ccc3cc(-c4n[nH]c5c4CC(F)(F)C(C)(C)C5)[nH]c3c2)CCN1CC1CCN(c2ccc(C3CCC(=O)NC3=O)cc2F)CC1. The van der Waals surface area contributed by atoms with Crippen molar-refractivity contribution in [2.24, 2.45) is 11.3 Å². The minimum atomic E-state index is -2.85. The Morgan fingerprint density at radius 3 is 2.51 bits per heavy atom. The summed E-state index contributed by atoms with van der Waals surface area (Å²) >= 11 is 0. The van der Waals surface area contributed by atoms with Gasteiger partial charge in [0.2, 0.25) is 11.8 Å². The molecule has 2 aromatic heterocycles. The molecule has 13 heteroatoms. The van der Waals surface area contributed by atoms with Crippen molar-refractivity contribution < 1.29 is 27.6 Å². The number of hydrogen-bond donors (Lipinski definition) is 3. The largest absolute Gasteiger partial charge is 0.369 e. The number of carbonyl (C=O) groups excluding carboxylic acids is 3. The van der Waals surface area contributed by atoms with Gasteiger partial charge in [-0.2, -0.15) is 5.10 Å². The number of nitrogens with zero attached hydrogens (tertiary/aromatic N) is 4. The van der Waals surface area contributed by atoms with Crippen LogP contribution >= 0.6 is 0 Å². The smallest absolute Gasteiger partial charge is 0.257 e. The summed E-state index contributed by atoms with van der Waals surface area (Å²) in [6, 6.07) is 12.6. The molecular weight excluding hydrogens is 683 g/mol. The quantitative estimate of drug-likeness (QED) is 0.209. The van der Waals surface area contributed by atoms with Gasteiger partial charge in [-0.25, -0.2) is 13.2 Å². The maximum Gasteiger partial charge on any atom is 0.257 e. The molecule has 1 aliphatic carbocycles. The van der Waals surface area contributed by atoms with Crippen LogP contribution in [-0.4, -0.2) is 93.9 Å². The van der Waals surface area contributed by atoms with Gasteiger partial charge in [0.25, 0.3) is 11.8 Å². The number of piperidine rings is 2. The standard InChI is InChI=1S/C40H46F3N7O3/c1-23-21-50(38(53)27-5-4-26-17-32(44-31(26)18-27)36-29-19-40(42,43)39(2,3)20-33(29)46-47-36)15-14-49(23)22-24-10-12-48(13-11-24)34-8-6-25(16-30(34)41)28-7-9-35(51)45-37(28)52/h4-6,8,16-18,23-24,28,44H,7,9-15,19-22H2,1-3H3,(H,46,47)(H,45,51,52)/t23-,28?/m1/s1. The van der Waals surface area contributed by atoms with Gasteiger partial charge in [-0.1, -0.05) is 26.0 Å². The van der Waals surface area contributed by atoms with E-state index in [1.807, 2.05) is 29.2 Å². The Bertz CT molecular complexity index is 2080. The van der Waals surface area contributed by atoms with Gasteiger partial charge in [0, 0.05) is 97.7 Å². The fraction of sp³-hybridized carbons (Fsp3) is 0.500. The molecule has 5 heterocycles. The van der Waals surface area contributed by atoms with E-state index in [1.165, 1.54) is 6.07 Å². The van der Waals surface area contributed by atoms with Crippen LogP contribution in [0.3, 0.4) is 0 Å². The zero-order chi connectivity index (χ0) is 37.2. The molecule has 0 spiro atoms. The number of halogens is 3. The Kier molecular flexibility index (Phi) is 8.90. The van der Waals surface area contributed by atoms with Crippen LogP contribution in [0, 0.1) is 17.2 Å². The molecule has 8 rings (SSSR count). The monoisotopic (exact) mass is 729 g/mol. The van der Waals surface area contributed by atoms with E-state index in [1.54, 1.807) is 26.0 Å². The first kappa shape index (κ1) is 35.4. The first-order valence-corrected chi connectivity index (χ1v) is 18.7. The normalized spacial score (nSPS) is 23.7. The van der Waals surface area contributed by atoms with Gasteiger partial charge in [-0.3, -0.25) is 29.7 Å². The van der Waals surface area contributed by atoms with Crippen molar-refractivity contribution >= 4 is 34.3 Å².